The van der Waals surface area contributed by atoms with Crippen molar-refractivity contribution < 1.29 is 14.6 Å². The van der Waals surface area contributed by atoms with E-state index in [4.69, 9.17) is 19.8 Å². The van der Waals surface area contributed by atoms with Gasteiger partial charge in [0.25, 0.3) is 0 Å². The number of hydrogen-bond acceptors (Lipinski definition) is 4. The van der Waals surface area contributed by atoms with Crippen LogP contribution < -0.4 is 0 Å². The van der Waals surface area contributed by atoms with Crippen LogP contribution in [0.1, 0.15) is 13.8 Å². The summed E-state index contributed by atoms with van der Waals surface area (Å²) in [5.41, 5.74) is -0.932. The molecule has 0 heterocycles. The van der Waals surface area contributed by atoms with Crippen LogP contribution in [0, 0.1) is 11.3 Å². The minimum absolute atomic E-state index is 0.0800. The van der Waals surface area contributed by atoms with Crippen LogP contribution in [-0.4, -0.2) is 37.1 Å². The van der Waals surface area contributed by atoms with E-state index in [0.29, 0.717) is 6.61 Å². The lowest BCUT2D eigenvalue weighted by atomic mass is 10.1. The Morgan fingerprint density at radius 1 is 1.58 bits per heavy atom. The summed E-state index contributed by atoms with van der Waals surface area (Å²) in [5, 5.41) is 17.2. The minimum atomic E-state index is -0.932. The van der Waals surface area contributed by atoms with Gasteiger partial charge in [-0.25, -0.2) is 0 Å². The molecule has 0 radical (unpaired) electrons. The minimum Gasteiger partial charge on any atom is -0.394 e. The highest BCUT2D eigenvalue weighted by Crippen LogP contribution is 2.08. The summed E-state index contributed by atoms with van der Waals surface area (Å²) in [5.74, 6) is 0. The lowest BCUT2D eigenvalue weighted by Crippen LogP contribution is -2.33. The Labute approximate surface area is 72.7 Å². The van der Waals surface area contributed by atoms with Gasteiger partial charge in [-0.15, -0.1) is 0 Å². The molecule has 0 spiro atoms. The predicted molar refractivity (Wildman–Crippen MR) is 43.5 cm³/mol. The van der Waals surface area contributed by atoms with E-state index in [9.17, 15) is 0 Å². The van der Waals surface area contributed by atoms with Crippen LogP contribution in [0.5, 0.6) is 0 Å². The van der Waals surface area contributed by atoms with E-state index in [1.807, 2.05) is 13.0 Å². The molecule has 0 fully saturated rings. The molecule has 0 rings (SSSR count). The molecule has 1 unspecified atom stereocenters. The van der Waals surface area contributed by atoms with Crippen molar-refractivity contribution in [2.75, 3.05) is 26.4 Å². The van der Waals surface area contributed by atoms with Crippen molar-refractivity contribution in [1.29, 1.82) is 5.26 Å². The summed E-state index contributed by atoms with van der Waals surface area (Å²) in [6.07, 6.45) is 0. The molecule has 1 N–H and O–H groups in total. The average Bonchev–Trinajstić information content (AvgIpc) is 2.11. The highest BCUT2D eigenvalue weighted by atomic mass is 16.5. The lowest BCUT2D eigenvalue weighted by Gasteiger charge is -2.21. The Hall–Kier alpha value is -0.630. The van der Waals surface area contributed by atoms with Crippen molar-refractivity contribution in [3.63, 3.8) is 0 Å². The van der Waals surface area contributed by atoms with Crippen molar-refractivity contribution in [2.24, 2.45) is 0 Å². The third-order valence-electron chi connectivity index (χ3n) is 1.33. The fraction of sp³-hybridized carbons (Fsp3) is 0.875. The Morgan fingerprint density at radius 2 is 2.25 bits per heavy atom. The van der Waals surface area contributed by atoms with Crippen LogP contribution in [0.25, 0.3) is 0 Å². The van der Waals surface area contributed by atoms with Gasteiger partial charge in [-0.3, -0.25) is 0 Å². The SMILES string of the molecule is CCOCC(C)(C#N)OCCO. The Balaban J connectivity index is 3.81. The highest BCUT2D eigenvalue weighted by Gasteiger charge is 2.24. The molecule has 0 saturated carbocycles. The number of nitrogens with zero attached hydrogens (tertiary/aromatic N) is 1. The van der Waals surface area contributed by atoms with Crippen molar-refractivity contribution in [1.82, 2.24) is 0 Å². The number of ether oxygens (including phenoxy) is 2. The Kier molecular flexibility index (Phi) is 5.64. The van der Waals surface area contributed by atoms with E-state index in [0.717, 1.165) is 0 Å². The molecular formula is C8H15NO3. The van der Waals surface area contributed by atoms with Crippen molar-refractivity contribution in [3.8, 4) is 6.07 Å². The zero-order valence-corrected chi connectivity index (χ0v) is 7.54. The summed E-state index contributed by atoms with van der Waals surface area (Å²) < 4.78 is 10.2. The molecule has 12 heavy (non-hydrogen) atoms. The average molecular weight is 173 g/mol. The van der Waals surface area contributed by atoms with E-state index in [1.165, 1.54) is 0 Å². The number of aliphatic hydroxyl groups is 1. The van der Waals surface area contributed by atoms with Gasteiger partial charge in [0.2, 0.25) is 0 Å². The molecule has 0 saturated heterocycles. The van der Waals surface area contributed by atoms with Crippen LogP contribution in [0.2, 0.25) is 0 Å². The number of hydrogen-bond donors (Lipinski definition) is 1. The number of aliphatic hydroxyl groups excluding tert-OH is 1. The molecule has 0 aliphatic heterocycles. The number of rotatable bonds is 6. The second-order valence-electron chi connectivity index (χ2n) is 2.55. The van der Waals surface area contributed by atoms with Crippen LogP contribution in [0.3, 0.4) is 0 Å². The molecule has 0 aromatic carbocycles. The van der Waals surface area contributed by atoms with Crippen molar-refractivity contribution in [2.45, 2.75) is 19.4 Å². The molecule has 4 nitrogen and oxygen atoms in total. The van der Waals surface area contributed by atoms with Gasteiger partial charge in [-0.05, 0) is 13.8 Å². The van der Waals surface area contributed by atoms with E-state index in [1.54, 1.807) is 6.92 Å². The first-order chi connectivity index (χ1) is 5.68. The molecule has 1 atom stereocenters. The van der Waals surface area contributed by atoms with Gasteiger partial charge in [0.15, 0.2) is 5.60 Å². The topological polar surface area (TPSA) is 62.5 Å². The fourth-order valence-electron chi connectivity index (χ4n) is 0.674. The second kappa shape index (κ2) is 5.95. The molecule has 0 aliphatic rings. The van der Waals surface area contributed by atoms with E-state index in [-0.39, 0.29) is 19.8 Å². The third-order valence-corrected chi connectivity index (χ3v) is 1.33. The summed E-state index contributed by atoms with van der Waals surface area (Å²) >= 11 is 0. The zero-order chi connectivity index (χ0) is 9.45. The maximum atomic E-state index is 8.70. The molecule has 0 aromatic heterocycles. The van der Waals surface area contributed by atoms with Crippen molar-refractivity contribution >= 4 is 0 Å². The van der Waals surface area contributed by atoms with Crippen LogP contribution >= 0.6 is 0 Å². The summed E-state index contributed by atoms with van der Waals surface area (Å²) in [7, 11) is 0. The molecule has 0 aromatic rings. The van der Waals surface area contributed by atoms with Gasteiger partial charge in [0, 0.05) is 6.61 Å². The van der Waals surface area contributed by atoms with Gasteiger partial charge in [-0.2, -0.15) is 5.26 Å². The molecule has 0 amide bonds. The molecular weight excluding hydrogens is 158 g/mol. The maximum Gasteiger partial charge on any atom is 0.174 e. The first kappa shape index (κ1) is 11.4. The molecule has 4 heteroatoms. The highest BCUT2D eigenvalue weighted by molar-refractivity contribution is 4.98. The van der Waals surface area contributed by atoms with Gasteiger partial charge in [0.1, 0.15) is 0 Å². The van der Waals surface area contributed by atoms with Crippen LogP contribution in [0.4, 0.5) is 0 Å². The zero-order valence-electron chi connectivity index (χ0n) is 7.54. The quantitative estimate of drug-likeness (QED) is 0.628. The van der Waals surface area contributed by atoms with Crippen LogP contribution in [0.15, 0.2) is 0 Å². The number of nitriles is 1. The first-order valence-electron chi connectivity index (χ1n) is 3.92. The van der Waals surface area contributed by atoms with E-state index < -0.39 is 5.60 Å². The maximum absolute atomic E-state index is 8.70. The molecule has 0 aliphatic carbocycles. The molecule has 70 valence electrons. The monoisotopic (exact) mass is 173 g/mol. The normalized spacial score (nSPS) is 15.2. The fourth-order valence-corrected chi connectivity index (χ4v) is 0.674. The largest absolute Gasteiger partial charge is 0.394 e. The third kappa shape index (κ3) is 4.29. The summed E-state index contributed by atoms with van der Waals surface area (Å²) in [4.78, 5) is 0. The van der Waals surface area contributed by atoms with Crippen LogP contribution in [-0.2, 0) is 9.47 Å². The van der Waals surface area contributed by atoms with Gasteiger partial charge in [-0.1, -0.05) is 0 Å². The van der Waals surface area contributed by atoms with E-state index >= 15 is 0 Å². The van der Waals surface area contributed by atoms with Gasteiger partial charge >= 0.3 is 0 Å². The second-order valence-corrected chi connectivity index (χ2v) is 2.55. The van der Waals surface area contributed by atoms with Crippen molar-refractivity contribution in [3.05, 3.63) is 0 Å². The summed E-state index contributed by atoms with van der Waals surface area (Å²) in [6.45, 7) is 4.36. The smallest absolute Gasteiger partial charge is 0.174 e. The van der Waals surface area contributed by atoms with Gasteiger partial charge in [0.05, 0.1) is 25.9 Å². The standard InChI is InChI=1S/C8H15NO3/c1-3-11-7-8(2,6-9)12-5-4-10/h10H,3-5,7H2,1-2H3. The Morgan fingerprint density at radius 3 is 2.67 bits per heavy atom. The first-order valence-corrected chi connectivity index (χ1v) is 3.92. The van der Waals surface area contributed by atoms with Gasteiger partial charge < -0.3 is 14.6 Å². The predicted octanol–water partition coefficient (Wildman–Crippen LogP) is 0.314. The lowest BCUT2D eigenvalue weighted by molar-refractivity contribution is -0.0585. The van der Waals surface area contributed by atoms with E-state index in [2.05, 4.69) is 0 Å². The summed E-state index contributed by atoms with van der Waals surface area (Å²) in [6, 6.07) is 1.99. The Bertz CT molecular complexity index is 145. The molecule has 0 bridgehead atoms.